The van der Waals surface area contributed by atoms with Crippen molar-refractivity contribution in [2.75, 3.05) is 19.6 Å². The molecule has 3 spiro atoms. The third-order valence-corrected chi connectivity index (χ3v) is 9.78. The van der Waals surface area contributed by atoms with E-state index in [1.165, 1.54) is 6.08 Å². The Morgan fingerprint density at radius 3 is 2.72 bits per heavy atom. The SMILES string of the molecule is C=CC(=O)N1CCC2(C1)CC1(C2)[C@H]2C3C(N)=C(C(N)=O)C(c4cnn(Cc5ccccc5)c4)=NCC321. The van der Waals surface area contributed by atoms with Crippen LogP contribution in [-0.4, -0.2) is 51.8 Å². The summed E-state index contributed by atoms with van der Waals surface area (Å²) in [7, 11) is 0. The average Bonchev–Trinajstić information content (AvgIpc) is 3.45. The van der Waals surface area contributed by atoms with Crippen molar-refractivity contribution in [3.05, 3.63) is 77.8 Å². The smallest absolute Gasteiger partial charge is 0.252 e. The van der Waals surface area contributed by atoms with Crippen molar-refractivity contribution in [1.29, 1.82) is 0 Å². The summed E-state index contributed by atoms with van der Waals surface area (Å²) in [5.74, 6) is 0.143. The minimum Gasteiger partial charge on any atom is -0.401 e. The Kier molecular flexibility index (Phi) is 4.17. The number of hydrogen-bond acceptors (Lipinski definition) is 5. The zero-order chi connectivity index (χ0) is 24.9. The van der Waals surface area contributed by atoms with Crippen LogP contribution >= 0.6 is 0 Å². The highest BCUT2D eigenvalue weighted by atomic mass is 16.2. The van der Waals surface area contributed by atoms with Gasteiger partial charge in [0.05, 0.1) is 24.0 Å². The Balaban J connectivity index is 1.14. The van der Waals surface area contributed by atoms with Gasteiger partial charge < -0.3 is 16.4 Å². The number of aromatic nitrogens is 2. The van der Waals surface area contributed by atoms with Gasteiger partial charge in [-0.3, -0.25) is 19.3 Å². The third-order valence-electron chi connectivity index (χ3n) is 9.78. The molecule has 184 valence electrons. The van der Waals surface area contributed by atoms with Gasteiger partial charge >= 0.3 is 0 Å². The number of nitrogens with two attached hydrogens (primary N) is 2. The summed E-state index contributed by atoms with van der Waals surface area (Å²) in [6.45, 7) is 6.55. The standard InChI is InChI=1S/C28H30N6O2/c1-2-19(35)33-9-8-26(16-33)13-27(14-26)24-21-22(29)20(25(30)36)23(31-15-28(21,24)27)18-10-32-34(12-18)11-17-6-4-3-5-7-17/h2-7,10,12,21,24H,1,8-9,11,13-16,29H2,(H2,30,36)/t21?,24-,26?,27?,28?/m1/s1. The average molecular weight is 483 g/mol. The molecule has 7 rings (SSSR count). The minimum atomic E-state index is -0.529. The van der Waals surface area contributed by atoms with Gasteiger partial charge in [0.2, 0.25) is 5.91 Å². The van der Waals surface area contributed by atoms with Crippen molar-refractivity contribution in [3.8, 4) is 0 Å². The van der Waals surface area contributed by atoms with Gasteiger partial charge in [0.1, 0.15) is 0 Å². The predicted octanol–water partition coefficient (Wildman–Crippen LogP) is 1.86. The van der Waals surface area contributed by atoms with E-state index < -0.39 is 5.91 Å². The highest BCUT2D eigenvalue weighted by molar-refractivity contribution is 6.28. The van der Waals surface area contributed by atoms with Gasteiger partial charge in [0, 0.05) is 48.4 Å². The first-order valence-electron chi connectivity index (χ1n) is 12.7. The number of fused-ring (bicyclic) bond motifs is 2. The van der Waals surface area contributed by atoms with Crippen molar-refractivity contribution in [3.63, 3.8) is 0 Å². The monoisotopic (exact) mass is 482 g/mol. The van der Waals surface area contributed by atoms with Gasteiger partial charge in [-0.1, -0.05) is 36.9 Å². The molecule has 3 atom stereocenters. The molecular formula is C28H30N6O2. The topological polar surface area (TPSA) is 120 Å². The van der Waals surface area contributed by atoms with E-state index in [4.69, 9.17) is 16.5 Å². The quantitative estimate of drug-likeness (QED) is 0.632. The van der Waals surface area contributed by atoms with Crippen LogP contribution in [0.5, 0.6) is 0 Å². The third kappa shape index (κ3) is 2.64. The Morgan fingerprint density at radius 2 is 2.00 bits per heavy atom. The molecule has 4 fully saturated rings. The molecule has 5 aliphatic rings. The first-order valence-corrected chi connectivity index (χ1v) is 12.7. The molecule has 4 N–H and O–H groups in total. The molecule has 2 unspecified atom stereocenters. The minimum absolute atomic E-state index is 0.0274. The molecule has 8 nitrogen and oxygen atoms in total. The number of aliphatic imine (C=N–C) groups is 1. The van der Waals surface area contributed by atoms with Crippen molar-refractivity contribution in [2.24, 2.45) is 44.5 Å². The van der Waals surface area contributed by atoms with E-state index in [0.29, 0.717) is 36.0 Å². The summed E-state index contributed by atoms with van der Waals surface area (Å²) in [6.07, 6.45) is 8.35. The number of allylic oxidation sites excluding steroid dienone is 1. The summed E-state index contributed by atoms with van der Waals surface area (Å²) < 4.78 is 1.85. The molecule has 3 aliphatic carbocycles. The summed E-state index contributed by atoms with van der Waals surface area (Å²) in [5.41, 5.74) is 16.5. The zero-order valence-electron chi connectivity index (χ0n) is 20.2. The highest BCUT2D eigenvalue weighted by Gasteiger charge is 2.98. The van der Waals surface area contributed by atoms with Crippen LogP contribution in [0.1, 0.15) is 30.4 Å². The summed E-state index contributed by atoms with van der Waals surface area (Å²) in [5, 5.41) is 4.51. The van der Waals surface area contributed by atoms with Crippen LogP contribution in [0, 0.1) is 28.1 Å². The van der Waals surface area contributed by atoms with Gasteiger partial charge in [0.15, 0.2) is 0 Å². The predicted molar refractivity (Wildman–Crippen MR) is 134 cm³/mol. The van der Waals surface area contributed by atoms with E-state index in [1.807, 2.05) is 34.0 Å². The second-order valence-electron chi connectivity index (χ2n) is 11.5. The van der Waals surface area contributed by atoms with Crippen LogP contribution in [-0.2, 0) is 16.1 Å². The van der Waals surface area contributed by atoms with Crippen LogP contribution < -0.4 is 11.5 Å². The molecule has 2 amide bonds. The second kappa shape index (κ2) is 6.96. The first kappa shape index (κ1) is 21.6. The summed E-state index contributed by atoms with van der Waals surface area (Å²) in [6, 6.07) is 10.1. The molecule has 3 heterocycles. The number of primary amides is 1. The lowest BCUT2D eigenvalue weighted by molar-refractivity contribution is -0.126. The molecule has 8 heteroatoms. The molecule has 36 heavy (non-hydrogen) atoms. The van der Waals surface area contributed by atoms with Crippen molar-refractivity contribution >= 4 is 17.5 Å². The van der Waals surface area contributed by atoms with Crippen LogP contribution in [0.3, 0.4) is 0 Å². The number of carbonyl (C=O) groups excluding carboxylic acids is 2. The highest BCUT2D eigenvalue weighted by Crippen LogP contribution is 3.00. The molecule has 2 aromatic rings. The van der Waals surface area contributed by atoms with Crippen LogP contribution in [0.25, 0.3) is 0 Å². The molecule has 0 bridgehead atoms. The maximum atomic E-state index is 12.6. The van der Waals surface area contributed by atoms with Gasteiger partial charge in [0.25, 0.3) is 5.91 Å². The molecule has 1 aromatic carbocycles. The van der Waals surface area contributed by atoms with Gasteiger partial charge in [-0.25, -0.2) is 0 Å². The van der Waals surface area contributed by atoms with Crippen LogP contribution in [0.15, 0.2) is 71.6 Å². The molecule has 2 aliphatic heterocycles. The number of hydrogen-bond donors (Lipinski definition) is 2. The molecule has 0 radical (unpaired) electrons. The normalized spacial score (nSPS) is 35.6. The van der Waals surface area contributed by atoms with E-state index in [9.17, 15) is 9.59 Å². The molecule has 3 saturated carbocycles. The lowest BCUT2D eigenvalue weighted by Crippen LogP contribution is -2.49. The number of carbonyl (C=O) groups is 2. The number of nitrogens with zero attached hydrogens (tertiary/aromatic N) is 4. The fraction of sp³-hybridized carbons (Fsp3) is 0.429. The number of amides is 2. The van der Waals surface area contributed by atoms with Crippen molar-refractivity contribution in [2.45, 2.75) is 25.8 Å². The van der Waals surface area contributed by atoms with Gasteiger partial charge in [-0.05, 0) is 47.6 Å². The van der Waals surface area contributed by atoms with Crippen LogP contribution in [0.4, 0.5) is 0 Å². The van der Waals surface area contributed by atoms with E-state index in [1.54, 1.807) is 6.20 Å². The second-order valence-corrected chi connectivity index (χ2v) is 11.5. The molecular weight excluding hydrogens is 452 g/mol. The zero-order valence-corrected chi connectivity index (χ0v) is 20.2. The lowest BCUT2D eigenvalue weighted by atomic mass is 9.52. The van der Waals surface area contributed by atoms with Crippen molar-refractivity contribution < 1.29 is 9.59 Å². The largest absolute Gasteiger partial charge is 0.401 e. The Labute approximate surface area is 209 Å². The number of rotatable bonds is 5. The van der Waals surface area contributed by atoms with E-state index in [-0.39, 0.29) is 28.1 Å². The van der Waals surface area contributed by atoms with E-state index in [0.717, 1.165) is 43.5 Å². The Hall–Kier alpha value is -3.68. The maximum absolute atomic E-state index is 12.6. The van der Waals surface area contributed by atoms with E-state index >= 15 is 0 Å². The van der Waals surface area contributed by atoms with Gasteiger partial charge in [-0.15, -0.1) is 0 Å². The lowest BCUT2D eigenvalue weighted by Gasteiger charge is -2.52. The fourth-order valence-corrected chi connectivity index (χ4v) is 8.31. The van der Waals surface area contributed by atoms with Crippen molar-refractivity contribution in [1.82, 2.24) is 14.7 Å². The van der Waals surface area contributed by atoms with Crippen LogP contribution in [0.2, 0.25) is 0 Å². The Morgan fingerprint density at radius 1 is 1.22 bits per heavy atom. The Bertz CT molecular complexity index is 1380. The number of benzene rings is 1. The summed E-state index contributed by atoms with van der Waals surface area (Å²) in [4.78, 5) is 31.6. The number of likely N-dealkylation sites (tertiary alicyclic amines) is 1. The molecule has 1 saturated heterocycles. The van der Waals surface area contributed by atoms with E-state index in [2.05, 4.69) is 23.8 Å². The maximum Gasteiger partial charge on any atom is 0.252 e. The summed E-state index contributed by atoms with van der Waals surface area (Å²) >= 11 is 0. The van der Waals surface area contributed by atoms with Gasteiger partial charge in [-0.2, -0.15) is 5.10 Å². The first-order chi connectivity index (χ1) is 17.3. The molecule has 1 aromatic heterocycles. The fourth-order valence-electron chi connectivity index (χ4n) is 8.31.